The monoisotopic (exact) mass is 572 g/mol. The van der Waals surface area contributed by atoms with Crippen LogP contribution in [0.4, 0.5) is 32.3 Å². The number of carbonyl (C=O) groups excluding carboxylic acids is 3. The first kappa shape index (κ1) is 31.3. The minimum absolute atomic E-state index is 0.0383. The first-order chi connectivity index (χ1) is 19.2. The maximum absolute atomic E-state index is 12.4. The topological polar surface area (TPSA) is 142 Å². The fourth-order valence-electron chi connectivity index (χ4n) is 3.87. The van der Waals surface area contributed by atoms with Crippen molar-refractivity contribution in [2.24, 2.45) is 0 Å². The molecule has 0 spiro atoms. The highest BCUT2D eigenvalue weighted by atomic mass is 16.6. The molecule has 2 heterocycles. The van der Waals surface area contributed by atoms with Gasteiger partial charge in [0.1, 0.15) is 42.5 Å². The van der Waals surface area contributed by atoms with Crippen molar-refractivity contribution < 1.29 is 38.1 Å². The van der Waals surface area contributed by atoms with Crippen molar-refractivity contribution >= 4 is 40.8 Å². The number of nitrogens with two attached hydrogens (primary N) is 1. The number of nitrogen functional groups attached to an aromatic ring is 1. The number of fused-ring (bicyclic) bond motifs is 2. The average molecular weight is 573 g/mol. The number of carbonyl (C=O) groups is 3. The Kier molecular flexibility index (Phi) is 9.92. The molecule has 0 aliphatic carbocycles. The van der Waals surface area contributed by atoms with E-state index in [4.69, 9.17) is 29.4 Å². The van der Waals surface area contributed by atoms with E-state index in [-0.39, 0.29) is 18.6 Å². The quantitative estimate of drug-likeness (QED) is 0.496. The highest BCUT2D eigenvalue weighted by Crippen LogP contribution is 2.36. The fourth-order valence-corrected chi connectivity index (χ4v) is 3.87. The Labute approximate surface area is 240 Å². The molecule has 12 nitrogen and oxygen atoms in total. The molecule has 0 saturated heterocycles. The van der Waals surface area contributed by atoms with Crippen LogP contribution in [-0.2, 0) is 19.0 Å². The molecule has 0 unspecified atom stereocenters. The Morgan fingerprint density at radius 2 is 1.32 bits per heavy atom. The van der Waals surface area contributed by atoms with Crippen molar-refractivity contribution in [2.75, 3.05) is 60.9 Å². The second-order valence-corrected chi connectivity index (χ2v) is 11.4. The summed E-state index contributed by atoms with van der Waals surface area (Å²) < 4.78 is 26.6. The third-order valence-electron chi connectivity index (χ3n) is 5.46. The molecule has 12 heteroatoms. The first-order valence-corrected chi connectivity index (χ1v) is 13.3. The van der Waals surface area contributed by atoms with Crippen LogP contribution in [0.1, 0.15) is 41.5 Å². The van der Waals surface area contributed by atoms with Gasteiger partial charge < -0.3 is 34.7 Å². The van der Waals surface area contributed by atoms with E-state index in [0.717, 1.165) is 0 Å². The third kappa shape index (κ3) is 9.17. The van der Waals surface area contributed by atoms with Crippen molar-refractivity contribution in [2.45, 2.75) is 52.7 Å². The molecular weight excluding hydrogens is 532 g/mol. The van der Waals surface area contributed by atoms with Gasteiger partial charge in [-0.25, -0.2) is 9.59 Å². The van der Waals surface area contributed by atoms with Crippen LogP contribution in [0.2, 0.25) is 0 Å². The van der Waals surface area contributed by atoms with Gasteiger partial charge in [-0.15, -0.1) is 0 Å². The van der Waals surface area contributed by atoms with Crippen LogP contribution in [0.15, 0.2) is 36.4 Å². The van der Waals surface area contributed by atoms with Gasteiger partial charge in [-0.1, -0.05) is 0 Å². The van der Waals surface area contributed by atoms with Crippen LogP contribution in [0, 0.1) is 0 Å². The van der Waals surface area contributed by atoms with Gasteiger partial charge in [-0.2, -0.15) is 0 Å². The molecule has 3 N–H and O–H groups in total. The number of hydrogen-bond donors (Lipinski definition) is 2. The van der Waals surface area contributed by atoms with Gasteiger partial charge in [0.15, 0.2) is 0 Å². The van der Waals surface area contributed by atoms with E-state index in [1.807, 2.05) is 41.5 Å². The Morgan fingerprint density at radius 1 is 0.829 bits per heavy atom. The van der Waals surface area contributed by atoms with Crippen molar-refractivity contribution in [3.63, 3.8) is 0 Å². The van der Waals surface area contributed by atoms with Crippen LogP contribution in [-0.4, -0.2) is 69.3 Å². The van der Waals surface area contributed by atoms with Crippen molar-refractivity contribution in [1.29, 1.82) is 0 Å². The van der Waals surface area contributed by atoms with Gasteiger partial charge in [0.05, 0.1) is 24.5 Å². The lowest BCUT2D eigenvalue weighted by Crippen LogP contribution is -2.41. The van der Waals surface area contributed by atoms with Crippen molar-refractivity contribution in [1.82, 2.24) is 0 Å². The normalized spacial score (nSPS) is 14.2. The number of nitrogens with zero attached hydrogens (tertiary/aromatic N) is 2. The summed E-state index contributed by atoms with van der Waals surface area (Å²) in [5.74, 6) is 0.959. The van der Waals surface area contributed by atoms with Crippen LogP contribution in [0.25, 0.3) is 0 Å². The number of nitrogens with one attached hydrogen (secondary N) is 1. The number of hydrogen-bond acceptors (Lipinski definition) is 9. The second kappa shape index (κ2) is 13.0. The summed E-state index contributed by atoms with van der Waals surface area (Å²) in [5.41, 5.74) is 7.02. The first-order valence-electron chi connectivity index (χ1n) is 13.3. The third-order valence-corrected chi connectivity index (χ3v) is 5.46. The minimum Gasteiger partial charge on any atom is -0.490 e. The molecule has 0 bridgehead atoms. The number of rotatable bonds is 3. The summed E-state index contributed by atoms with van der Waals surface area (Å²) in [5, 5.41) is 2.70. The molecule has 0 atom stereocenters. The predicted molar refractivity (Wildman–Crippen MR) is 156 cm³/mol. The van der Waals surface area contributed by atoms with Gasteiger partial charge in [0.25, 0.3) is 0 Å². The molecule has 3 amide bonds. The zero-order valence-electron chi connectivity index (χ0n) is 24.7. The van der Waals surface area contributed by atoms with Gasteiger partial charge >= 0.3 is 12.2 Å². The lowest BCUT2D eigenvalue weighted by Gasteiger charge is -2.31. The predicted octanol–water partition coefficient (Wildman–Crippen LogP) is 4.81. The Morgan fingerprint density at radius 3 is 1.80 bits per heavy atom. The second-order valence-electron chi connectivity index (χ2n) is 11.4. The van der Waals surface area contributed by atoms with Crippen LogP contribution >= 0.6 is 0 Å². The van der Waals surface area contributed by atoms with E-state index in [1.165, 1.54) is 12.0 Å². The molecule has 2 aromatic rings. The summed E-state index contributed by atoms with van der Waals surface area (Å²) >= 11 is 0. The molecule has 224 valence electrons. The number of ether oxygens (including phenoxy) is 5. The van der Waals surface area contributed by atoms with Crippen molar-refractivity contribution in [3.8, 4) is 11.5 Å². The summed E-state index contributed by atoms with van der Waals surface area (Å²) in [6, 6.07) is 10.3. The maximum atomic E-state index is 12.4. The zero-order valence-corrected chi connectivity index (χ0v) is 24.7. The van der Waals surface area contributed by atoms with Gasteiger partial charge in [-0.3, -0.25) is 14.6 Å². The Balaban J connectivity index is 0.000000232. The minimum atomic E-state index is -0.583. The van der Waals surface area contributed by atoms with Crippen LogP contribution in [0.5, 0.6) is 11.5 Å². The molecule has 41 heavy (non-hydrogen) atoms. The van der Waals surface area contributed by atoms with E-state index in [0.29, 0.717) is 60.6 Å². The lowest BCUT2D eigenvalue weighted by atomic mass is 10.2. The fraction of sp³-hybridized carbons (Fsp3) is 0.483. The average Bonchev–Trinajstić information content (AvgIpc) is 2.86. The van der Waals surface area contributed by atoms with Crippen molar-refractivity contribution in [3.05, 3.63) is 36.4 Å². The van der Waals surface area contributed by atoms with E-state index in [9.17, 15) is 14.4 Å². The lowest BCUT2D eigenvalue weighted by molar-refractivity contribution is -0.119. The Hall–Kier alpha value is -4.19. The standard InChI is InChI=1S/C16H22N2O5.C13H18N2O3/c1-16(2,3)23-15(20)18-7-8-22-13-6-5-11(9-12(13)18)17-14(19)10-21-4;1-13(2,3)18-12(16)15-6-7-17-11-5-4-9(14)8-10(11)15/h5-6,9H,7-8,10H2,1-4H3,(H,17,19);4-5,8H,6-7,14H2,1-3H3. The van der Waals surface area contributed by atoms with Gasteiger partial charge in [-0.05, 0) is 77.9 Å². The highest BCUT2D eigenvalue weighted by molar-refractivity contribution is 5.95. The van der Waals surface area contributed by atoms with Crippen LogP contribution in [0.3, 0.4) is 0 Å². The number of methoxy groups -OCH3 is 1. The molecule has 0 aromatic heterocycles. The van der Waals surface area contributed by atoms with E-state index in [1.54, 1.807) is 41.3 Å². The smallest absolute Gasteiger partial charge is 0.415 e. The number of anilines is 4. The van der Waals surface area contributed by atoms with Crippen LogP contribution < -0.4 is 30.3 Å². The largest absolute Gasteiger partial charge is 0.490 e. The molecule has 0 saturated carbocycles. The van der Waals surface area contributed by atoms with Gasteiger partial charge in [0.2, 0.25) is 5.91 Å². The number of amides is 3. The van der Waals surface area contributed by atoms with E-state index in [2.05, 4.69) is 5.32 Å². The van der Waals surface area contributed by atoms with Gasteiger partial charge in [0, 0.05) is 18.5 Å². The maximum Gasteiger partial charge on any atom is 0.415 e. The molecule has 0 fully saturated rings. The molecule has 2 aliphatic rings. The van der Waals surface area contributed by atoms with E-state index >= 15 is 0 Å². The molecular formula is C29H40N4O8. The number of benzene rings is 2. The molecule has 4 rings (SSSR count). The SMILES string of the molecule is CC(C)(C)OC(=O)N1CCOc2ccc(N)cc21.COCC(=O)Nc1ccc2c(c1)N(C(=O)OC(C)(C)C)CCO2. The summed E-state index contributed by atoms with van der Waals surface area (Å²) in [4.78, 5) is 39.1. The summed E-state index contributed by atoms with van der Waals surface area (Å²) in [6.07, 6.45) is -0.819. The Bertz CT molecular complexity index is 1250. The molecule has 2 aromatic carbocycles. The van der Waals surface area contributed by atoms with E-state index < -0.39 is 17.3 Å². The zero-order chi connectivity index (χ0) is 30.4. The highest BCUT2D eigenvalue weighted by Gasteiger charge is 2.29. The molecule has 2 aliphatic heterocycles. The summed E-state index contributed by atoms with van der Waals surface area (Å²) in [6.45, 7) is 12.6. The molecule has 0 radical (unpaired) electrons. The summed E-state index contributed by atoms with van der Waals surface area (Å²) in [7, 11) is 1.45.